The first-order valence-electron chi connectivity index (χ1n) is 12.5. The Hall–Kier alpha value is -2.51. The van der Waals surface area contributed by atoms with Crippen LogP contribution in [0.1, 0.15) is 47.8 Å². The number of hydrogen-bond donors (Lipinski definition) is 0. The van der Waals surface area contributed by atoms with E-state index in [0.29, 0.717) is 5.92 Å². The molecule has 2 aromatic heterocycles. The van der Waals surface area contributed by atoms with Gasteiger partial charge in [-0.3, -0.25) is 19.2 Å². The Kier molecular flexibility index (Phi) is 7.84. The second-order valence-electron chi connectivity index (χ2n) is 9.90. The molecule has 7 heteroatoms. The Morgan fingerprint density at radius 3 is 2.35 bits per heavy atom. The number of hydrogen-bond acceptors (Lipinski definition) is 4. The number of rotatable bonds is 9. The summed E-state index contributed by atoms with van der Waals surface area (Å²) in [5.74, 6) is 0.427. The zero-order valence-corrected chi connectivity index (χ0v) is 21.3. The van der Waals surface area contributed by atoms with Gasteiger partial charge in [0.2, 0.25) is 0 Å². The lowest BCUT2D eigenvalue weighted by atomic mass is 9.84. The second kappa shape index (κ2) is 10.8. The third-order valence-electron chi connectivity index (χ3n) is 7.43. The van der Waals surface area contributed by atoms with Crippen LogP contribution in [0, 0.1) is 25.6 Å². The molecule has 0 amide bonds. The van der Waals surface area contributed by atoms with Crippen molar-refractivity contribution in [1.82, 2.24) is 29.4 Å². The molecular formula is C27H39FN6. The van der Waals surface area contributed by atoms with E-state index < -0.39 is 0 Å². The summed E-state index contributed by atoms with van der Waals surface area (Å²) in [4.78, 5) is 4.97. The molecular weight excluding hydrogens is 427 g/mol. The molecule has 0 spiro atoms. The quantitative estimate of drug-likeness (QED) is 0.470. The van der Waals surface area contributed by atoms with E-state index in [2.05, 4.69) is 60.2 Å². The Morgan fingerprint density at radius 1 is 1.03 bits per heavy atom. The minimum absolute atomic E-state index is 0.0979. The molecule has 3 aromatic rings. The van der Waals surface area contributed by atoms with Gasteiger partial charge in [-0.25, -0.2) is 4.39 Å². The number of likely N-dealkylation sites (N-methyl/N-ethyl adjacent to an activating group) is 1. The highest BCUT2D eigenvalue weighted by Crippen LogP contribution is 2.29. The molecule has 6 nitrogen and oxygen atoms in total. The largest absolute Gasteiger partial charge is 0.299 e. The second-order valence-corrected chi connectivity index (χ2v) is 9.90. The molecule has 34 heavy (non-hydrogen) atoms. The minimum atomic E-state index is -0.0979. The molecule has 1 fully saturated rings. The van der Waals surface area contributed by atoms with Crippen LogP contribution in [-0.2, 0) is 33.1 Å². The van der Waals surface area contributed by atoms with E-state index in [1.807, 2.05) is 28.5 Å². The van der Waals surface area contributed by atoms with Crippen molar-refractivity contribution in [2.45, 2.75) is 65.7 Å². The standard InChI is InChI=1S/C27H39FN6/c1-6-34-19-25(21(3)30-34)18-33-13-11-22(12-14-33)27(15-23-9-7-8-10-26(23)28)31(4)16-24-17-32(5)29-20(24)2/h7-10,17,19,22,27H,6,11-16,18H2,1-5H3. The van der Waals surface area contributed by atoms with Crippen LogP contribution < -0.4 is 0 Å². The van der Waals surface area contributed by atoms with E-state index >= 15 is 0 Å². The first kappa shape index (κ1) is 24.6. The number of benzene rings is 1. The van der Waals surface area contributed by atoms with Crippen molar-refractivity contribution in [2.24, 2.45) is 13.0 Å². The smallest absolute Gasteiger partial charge is 0.126 e. The van der Waals surface area contributed by atoms with Crippen molar-refractivity contribution < 1.29 is 4.39 Å². The lowest BCUT2D eigenvalue weighted by Crippen LogP contribution is -2.45. The van der Waals surface area contributed by atoms with Gasteiger partial charge in [0.25, 0.3) is 0 Å². The van der Waals surface area contributed by atoms with Gasteiger partial charge in [-0.05, 0) is 77.7 Å². The van der Waals surface area contributed by atoms with Crippen molar-refractivity contribution in [3.05, 3.63) is 70.6 Å². The molecule has 0 aliphatic carbocycles. The van der Waals surface area contributed by atoms with Gasteiger partial charge in [-0.15, -0.1) is 0 Å². The zero-order chi connectivity index (χ0) is 24.2. The summed E-state index contributed by atoms with van der Waals surface area (Å²) >= 11 is 0. The third kappa shape index (κ3) is 5.76. The van der Waals surface area contributed by atoms with Crippen LogP contribution in [-0.4, -0.2) is 55.5 Å². The fourth-order valence-electron chi connectivity index (χ4n) is 5.37. The van der Waals surface area contributed by atoms with Crippen LogP contribution in [0.3, 0.4) is 0 Å². The molecule has 0 saturated carbocycles. The van der Waals surface area contributed by atoms with Crippen LogP contribution in [0.25, 0.3) is 0 Å². The summed E-state index contributed by atoms with van der Waals surface area (Å²) in [5.41, 5.74) is 5.58. The molecule has 1 unspecified atom stereocenters. The number of halogens is 1. The molecule has 0 radical (unpaired) electrons. The third-order valence-corrected chi connectivity index (χ3v) is 7.43. The average molecular weight is 467 g/mol. The normalized spacial score (nSPS) is 16.4. The topological polar surface area (TPSA) is 42.1 Å². The van der Waals surface area contributed by atoms with Gasteiger partial charge in [-0.1, -0.05) is 18.2 Å². The molecule has 4 rings (SSSR count). The lowest BCUT2D eigenvalue weighted by Gasteiger charge is -2.40. The predicted octanol–water partition coefficient (Wildman–Crippen LogP) is 4.35. The van der Waals surface area contributed by atoms with Crippen molar-refractivity contribution in [1.29, 1.82) is 0 Å². The van der Waals surface area contributed by atoms with Gasteiger partial charge in [-0.2, -0.15) is 10.2 Å². The summed E-state index contributed by atoms with van der Waals surface area (Å²) in [5, 5.41) is 9.12. The first-order valence-corrected chi connectivity index (χ1v) is 12.5. The SMILES string of the molecule is CCn1cc(CN2CCC(C(Cc3ccccc3F)N(C)Cc3cn(C)nc3C)CC2)c(C)n1. The van der Waals surface area contributed by atoms with Gasteiger partial charge in [0.15, 0.2) is 0 Å². The molecule has 1 saturated heterocycles. The van der Waals surface area contributed by atoms with Crippen molar-refractivity contribution in [2.75, 3.05) is 20.1 Å². The van der Waals surface area contributed by atoms with Crippen molar-refractivity contribution in [3.63, 3.8) is 0 Å². The molecule has 1 aliphatic rings. The summed E-state index contributed by atoms with van der Waals surface area (Å²) in [6.45, 7) is 11.1. The average Bonchev–Trinajstić information content (AvgIpc) is 3.33. The number of nitrogens with zero attached hydrogens (tertiary/aromatic N) is 6. The van der Waals surface area contributed by atoms with Crippen LogP contribution >= 0.6 is 0 Å². The molecule has 0 N–H and O–H groups in total. The lowest BCUT2D eigenvalue weighted by molar-refractivity contribution is 0.0947. The van der Waals surface area contributed by atoms with Crippen LogP contribution in [0.5, 0.6) is 0 Å². The molecule has 1 aliphatic heterocycles. The van der Waals surface area contributed by atoms with Crippen LogP contribution in [0.2, 0.25) is 0 Å². The van der Waals surface area contributed by atoms with E-state index in [-0.39, 0.29) is 11.9 Å². The summed E-state index contributed by atoms with van der Waals surface area (Å²) in [7, 11) is 4.15. The monoisotopic (exact) mass is 466 g/mol. The van der Waals surface area contributed by atoms with Crippen LogP contribution in [0.15, 0.2) is 36.7 Å². The van der Waals surface area contributed by atoms with Gasteiger partial charge >= 0.3 is 0 Å². The van der Waals surface area contributed by atoms with E-state index in [0.717, 1.165) is 68.9 Å². The van der Waals surface area contributed by atoms with Gasteiger partial charge < -0.3 is 0 Å². The highest BCUT2D eigenvalue weighted by molar-refractivity contribution is 5.20. The number of aromatic nitrogens is 4. The Labute approximate surface area is 203 Å². The number of likely N-dealkylation sites (tertiary alicyclic amines) is 1. The fraction of sp³-hybridized carbons (Fsp3) is 0.556. The molecule has 0 bridgehead atoms. The van der Waals surface area contributed by atoms with Crippen molar-refractivity contribution in [3.8, 4) is 0 Å². The van der Waals surface area contributed by atoms with Gasteiger partial charge in [0, 0.05) is 56.2 Å². The van der Waals surface area contributed by atoms with Gasteiger partial charge in [0.05, 0.1) is 11.4 Å². The first-order chi connectivity index (χ1) is 16.3. The molecule has 1 aromatic carbocycles. The Morgan fingerprint density at radius 2 is 1.74 bits per heavy atom. The number of aryl methyl sites for hydroxylation is 4. The molecule has 1 atom stereocenters. The maximum absolute atomic E-state index is 14.6. The highest BCUT2D eigenvalue weighted by atomic mass is 19.1. The maximum atomic E-state index is 14.6. The summed E-state index contributed by atoms with van der Waals surface area (Å²) < 4.78 is 18.5. The summed E-state index contributed by atoms with van der Waals surface area (Å²) in [6.07, 6.45) is 7.27. The highest BCUT2D eigenvalue weighted by Gasteiger charge is 2.30. The number of piperidine rings is 1. The van der Waals surface area contributed by atoms with Crippen LogP contribution in [0.4, 0.5) is 4.39 Å². The Balaban J connectivity index is 1.45. The fourth-order valence-corrected chi connectivity index (χ4v) is 5.37. The zero-order valence-electron chi connectivity index (χ0n) is 21.3. The summed E-state index contributed by atoms with van der Waals surface area (Å²) in [6, 6.07) is 7.52. The van der Waals surface area contributed by atoms with E-state index in [1.54, 1.807) is 12.1 Å². The Bertz CT molecular complexity index is 1080. The minimum Gasteiger partial charge on any atom is -0.299 e. The van der Waals surface area contributed by atoms with Crippen molar-refractivity contribution >= 4 is 0 Å². The molecule has 184 valence electrons. The molecule has 3 heterocycles. The van der Waals surface area contributed by atoms with E-state index in [1.165, 1.54) is 11.1 Å². The van der Waals surface area contributed by atoms with E-state index in [4.69, 9.17) is 0 Å². The maximum Gasteiger partial charge on any atom is 0.126 e. The van der Waals surface area contributed by atoms with Gasteiger partial charge in [0.1, 0.15) is 5.82 Å². The predicted molar refractivity (Wildman–Crippen MR) is 134 cm³/mol. The van der Waals surface area contributed by atoms with E-state index in [9.17, 15) is 4.39 Å².